The summed E-state index contributed by atoms with van der Waals surface area (Å²) < 4.78 is 1.87. The normalized spacial score (nSPS) is 10.9. The van der Waals surface area contributed by atoms with Crippen LogP contribution in [0, 0.1) is 13.8 Å². The third-order valence-corrected chi connectivity index (χ3v) is 2.16. The van der Waals surface area contributed by atoms with E-state index in [1.807, 2.05) is 31.0 Å². The van der Waals surface area contributed by atoms with Crippen LogP contribution in [0.3, 0.4) is 0 Å². The maximum atomic E-state index is 4.28. The highest BCUT2D eigenvalue weighted by atomic mass is 15.3. The summed E-state index contributed by atoms with van der Waals surface area (Å²) in [7, 11) is 1.94. The van der Waals surface area contributed by atoms with Gasteiger partial charge in [0.15, 0.2) is 0 Å². The Bertz CT molecular complexity index is 429. The molecule has 0 aromatic carbocycles. The van der Waals surface area contributed by atoms with E-state index in [0.717, 1.165) is 11.2 Å². The van der Waals surface area contributed by atoms with Crippen LogP contribution >= 0.6 is 0 Å². The lowest BCUT2D eigenvalue weighted by molar-refractivity contribution is 0.792. The van der Waals surface area contributed by atoms with Gasteiger partial charge in [-0.1, -0.05) is 0 Å². The number of aryl methyl sites for hydroxylation is 3. The second kappa shape index (κ2) is 2.30. The van der Waals surface area contributed by atoms with Crippen LogP contribution in [-0.2, 0) is 7.05 Å². The largest absolute Gasteiger partial charge is 0.266 e. The summed E-state index contributed by atoms with van der Waals surface area (Å²) >= 11 is 0. The van der Waals surface area contributed by atoms with Crippen LogP contribution in [-0.4, -0.2) is 14.8 Å². The molecule has 12 heavy (non-hydrogen) atoms. The Balaban J connectivity index is 2.98. The summed E-state index contributed by atoms with van der Waals surface area (Å²) in [6, 6.07) is 0. The van der Waals surface area contributed by atoms with E-state index >= 15 is 0 Å². The van der Waals surface area contributed by atoms with E-state index in [-0.39, 0.29) is 0 Å². The maximum absolute atomic E-state index is 4.28. The first kappa shape index (κ1) is 7.28. The van der Waals surface area contributed by atoms with E-state index in [9.17, 15) is 0 Å². The van der Waals surface area contributed by atoms with Crippen molar-refractivity contribution in [2.75, 3.05) is 0 Å². The fourth-order valence-electron chi connectivity index (χ4n) is 1.48. The van der Waals surface area contributed by atoms with Gasteiger partial charge < -0.3 is 0 Å². The molecule has 0 aliphatic heterocycles. The summed E-state index contributed by atoms with van der Waals surface area (Å²) in [5.41, 5.74) is 3.36. The molecule has 0 radical (unpaired) electrons. The molecule has 0 atom stereocenters. The first-order valence-electron chi connectivity index (χ1n) is 3.94. The fourth-order valence-corrected chi connectivity index (χ4v) is 1.48. The summed E-state index contributed by atoms with van der Waals surface area (Å²) in [5.74, 6) is 0. The van der Waals surface area contributed by atoms with E-state index < -0.39 is 0 Å². The van der Waals surface area contributed by atoms with Gasteiger partial charge in [0.2, 0.25) is 0 Å². The summed E-state index contributed by atoms with van der Waals surface area (Å²) in [6.45, 7) is 4.06. The number of fused-ring (bicyclic) bond motifs is 1. The molecule has 0 amide bonds. The van der Waals surface area contributed by atoms with E-state index in [0.29, 0.717) is 0 Å². The van der Waals surface area contributed by atoms with Gasteiger partial charge in [-0.25, -0.2) is 0 Å². The van der Waals surface area contributed by atoms with Crippen LogP contribution in [0.5, 0.6) is 0 Å². The Morgan fingerprint density at radius 1 is 1.25 bits per heavy atom. The second-order valence-electron chi connectivity index (χ2n) is 3.06. The third-order valence-electron chi connectivity index (χ3n) is 2.16. The lowest BCUT2D eigenvalue weighted by atomic mass is 10.2. The van der Waals surface area contributed by atoms with Gasteiger partial charge in [0.05, 0.1) is 17.4 Å². The van der Waals surface area contributed by atoms with Gasteiger partial charge in [0.1, 0.15) is 0 Å². The SMILES string of the molecule is Cc1cnc(C)c2c1cnn2C. The van der Waals surface area contributed by atoms with Crippen molar-refractivity contribution in [2.24, 2.45) is 7.05 Å². The average molecular weight is 161 g/mol. The van der Waals surface area contributed by atoms with Crippen molar-refractivity contribution in [1.29, 1.82) is 0 Å². The van der Waals surface area contributed by atoms with Crippen LogP contribution in [0.1, 0.15) is 11.3 Å². The summed E-state index contributed by atoms with van der Waals surface area (Å²) in [4.78, 5) is 4.28. The molecular formula is C9H11N3. The van der Waals surface area contributed by atoms with E-state index in [1.54, 1.807) is 0 Å². The van der Waals surface area contributed by atoms with Gasteiger partial charge in [0, 0.05) is 18.6 Å². The van der Waals surface area contributed by atoms with Gasteiger partial charge in [-0.15, -0.1) is 0 Å². The van der Waals surface area contributed by atoms with Crippen molar-refractivity contribution in [3.05, 3.63) is 23.7 Å². The lowest BCUT2D eigenvalue weighted by Gasteiger charge is -1.99. The minimum Gasteiger partial charge on any atom is -0.266 e. The third kappa shape index (κ3) is 0.826. The number of hydrogen-bond acceptors (Lipinski definition) is 2. The maximum Gasteiger partial charge on any atom is 0.0894 e. The Morgan fingerprint density at radius 2 is 2.00 bits per heavy atom. The molecule has 2 rings (SSSR count). The molecule has 0 aliphatic rings. The summed E-state index contributed by atoms with van der Waals surface area (Å²) in [6.07, 6.45) is 3.78. The number of pyridine rings is 1. The molecular weight excluding hydrogens is 150 g/mol. The van der Waals surface area contributed by atoms with Crippen LogP contribution in [0.15, 0.2) is 12.4 Å². The Kier molecular flexibility index (Phi) is 1.40. The molecule has 0 N–H and O–H groups in total. The first-order chi connectivity index (χ1) is 5.70. The van der Waals surface area contributed by atoms with E-state index in [1.165, 1.54) is 10.9 Å². The molecule has 2 aromatic rings. The quantitative estimate of drug-likeness (QED) is 0.587. The minimum absolute atomic E-state index is 1.04. The highest BCUT2D eigenvalue weighted by Gasteiger charge is 2.05. The van der Waals surface area contributed by atoms with Gasteiger partial charge in [-0.2, -0.15) is 5.10 Å². The first-order valence-corrected chi connectivity index (χ1v) is 3.94. The highest BCUT2D eigenvalue weighted by Crippen LogP contribution is 2.18. The van der Waals surface area contributed by atoms with Crippen molar-refractivity contribution in [3.8, 4) is 0 Å². The van der Waals surface area contributed by atoms with Crippen molar-refractivity contribution in [1.82, 2.24) is 14.8 Å². The predicted octanol–water partition coefficient (Wildman–Crippen LogP) is 1.59. The van der Waals surface area contributed by atoms with Crippen LogP contribution in [0.25, 0.3) is 10.9 Å². The molecule has 3 nitrogen and oxygen atoms in total. The Morgan fingerprint density at radius 3 is 2.67 bits per heavy atom. The lowest BCUT2D eigenvalue weighted by Crippen LogP contribution is -1.93. The average Bonchev–Trinajstić information content (AvgIpc) is 2.42. The summed E-state index contributed by atoms with van der Waals surface area (Å²) in [5, 5.41) is 5.39. The zero-order valence-electron chi connectivity index (χ0n) is 7.50. The highest BCUT2D eigenvalue weighted by molar-refractivity contribution is 5.83. The topological polar surface area (TPSA) is 30.7 Å². The molecule has 0 fully saturated rings. The van der Waals surface area contributed by atoms with Gasteiger partial charge >= 0.3 is 0 Å². The zero-order valence-corrected chi connectivity index (χ0v) is 7.50. The number of aromatic nitrogens is 3. The minimum atomic E-state index is 1.04. The van der Waals surface area contributed by atoms with Crippen molar-refractivity contribution in [3.63, 3.8) is 0 Å². The fraction of sp³-hybridized carbons (Fsp3) is 0.333. The number of hydrogen-bond donors (Lipinski definition) is 0. The van der Waals surface area contributed by atoms with Crippen LogP contribution < -0.4 is 0 Å². The van der Waals surface area contributed by atoms with Crippen molar-refractivity contribution in [2.45, 2.75) is 13.8 Å². The molecule has 62 valence electrons. The molecule has 0 spiro atoms. The standard InChI is InChI=1S/C9H11N3/c1-6-4-10-7(2)9-8(6)5-11-12(9)3/h4-5H,1-3H3. The number of nitrogens with zero attached hydrogens (tertiary/aromatic N) is 3. The number of rotatable bonds is 0. The molecule has 2 heterocycles. The molecule has 0 unspecified atom stereocenters. The van der Waals surface area contributed by atoms with Crippen LogP contribution in [0.4, 0.5) is 0 Å². The van der Waals surface area contributed by atoms with Crippen molar-refractivity contribution < 1.29 is 0 Å². The molecule has 0 aliphatic carbocycles. The Hall–Kier alpha value is -1.38. The zero-order chi connectivity index (χ0) is 8.72. The van der Waals surface area contributed by atoms with E-state index in [2.05, 4.69) is 17.0 Å². The Labute approximate surface area is 71.0 Å². The molecule has 0 saturated heterocycles. The second-order valence-corrected chi connectivity index (χ2v) is 3.06. The molecule has 2 aromatic heterocycles. The van der Waals surface area contributed by atoms with Gasteiger partial charge in [-0.05, 0) is 19.4 Å². The van der Waals surface area contributed by atoms with Gasteiger partial charge in [-0.3, -0.25) is 9.67 Å². The van der Waals surface area contributed by atoms with Crippen LogP contribution in [0.2, 0.25) is 0 Å². The molecule has 0 bridgehead atoms. The van der Waals surface area contributed by atoms with E-state index in [4.69, 9.17) is 0 Å². The smallest absolute Gasteiger partial charge is 0.0894 e. The van der Waals surface area contributed by atoms with Gasteiger partial charge in [0.25, 0.3) is 0 Å². The monoisotopic (exact) mass is 161 g/mol. The van der Waals surface area contributed by atoms with Crippen molar-refractivity contribution >= 4 is 10.9 Å². The predicted molar refractivity (Wildman–Crippen MR) is 48.0 cm³/mol. The molecule has 3 heteroatoms. The molecule has 0 saturated carbocycles.